The highest BCUT2D eigenvalue weighted by atomic mass is 16.5. The Morgan fingerprint density at radius 3 is 2.55 bits per heavy atom. The summed E-state index contributed by atoms with van der Waals surface area (Å²) in [5.74, 6) is -0.0903. The first-order valence-corrected chi connectivity index (χ1v) is 10.7. The van der Waals surface area contributed by atoms with Gasteiger partial charge in [0.25, 0.3) is 0 Å². The number of ketones is 2. The molecule has 2 aromatic rings. The Morgan fingerprint density at radius 1 is 1.06 bits per heavy atom. The van der Waals surface area contributed by atoms with Crippen LogP contribution in [0.15, 0.2) is 59.3 Å². The van der Waals surface area contributed by atoms with E-state index in [1.165, 1.54) is 0 Å². The number of hydrogen-bond donors (Lipinski definition) is 2. The number of phenolic OH excluding ortho intramolecular Hbond substituents is 1. The van der Waals surface area contributed by atoms with Gasteiger partial charge in [-0.25, -0.2) is 0 Å². The molecular weight excluding hydrogens is 390 g/mol. The summed E-state index contributed by atoms with van der Waals surface area (Å²) in [7, 11) is 0. The van der Waals surface area contributed by atoms with E-state index in [9.17, 15) is 14.7 Å². The van der Waals surface area contributed by atoms with Crippen LogP contribution in [0.5, 0.6) is 11.5 Å². The molecule has 0 fully saturated rings. The number of nitrogens with one attached hydrogen (secondary N) is 1. The van der Waals surface area contributed by atoms with Crippen molar-refractivity contribution < 1.29 is 19.4 Å². The summed E-state index contributed by atoms with van der Waals surface area (Å²) >= 11 is 0. The summed E-state index contributed by atoms with van der Waals surface area (Å²) in [6.45, 7) is 6.44. The van der Waals surface area contributed by atoms with Gasteiger partial charge < -0.3 is 15.2 Å². The second-order valence-electron chi connectivity index (χ2n) is 9.21. The maximum Gasteiger partial charge on any atom is 0.192 e. The number of carbonyl (C=O) groups is 2. The van der Waals surface area contributed by atoms with Crippen molar-refractivity contribution in [3.05, 3.63) is 76.0 Å². The monoisotopic (exact) mass is 415 g/mol. The molecule has 0 saturated heterocycles. The van der Waals surface area contributed by atoms with E-state index in [-0.39, 0.29) is 22.7 Å². The number of allylic oxidation sites excluding steroid dienone is 3. The third-order valence-corrected chi connectivity index (χ3v) is 6.35. The first-order chi connectivity index (χ1) is 14.8. The molecule has 0 amide bonds. The highest BCUT2D eigenvalue weighted by Crippen LogP contribution is 2.51. The second-order valence-corrected chi connectivity index (χ2v) is 9.21. The number of rotatable bonds is 3. The predicted octanol–water partition coefficient (Wildman–Crippen LogP) is 4.73. The van der Waals surface area contributed by atoms with E-state index < -0.39 is 5.92 Å². The van der Waals surface area contributed by atoms with E-state index in [0.717, 1.165) is 28.9 Å². The Hall–Kier alpha value is -3.34. The molecule has 1 atom stereocenters. The summed E-state index contributed by atoms with van der Waals surface area (Å²) in [5.41, 5.74) is 5.09. The Labute approximate surface area is 181 Å². The number of carbonyl (C=O) groups excluding carboxylic acids is 2. The van der Waals surface area contributed by atoms with Crippen LogP contribution in [-0.4, -0.2) is 23.3 Å². The normalized spacial score (nSPS) is 21.5. The van der Waals surface area contributed by atoms with Crippen molar-refractivity contribution in [2.24, 2.45) is 5.41 Å². The zero-order chi connectivity index (χ0) is 21.9. The minimum absolute atomic E-state index is 0.0417. The van der Waals surface area contributed by atoms with Crippen molar-refractivity contribution in [2.75, 3.05) is 6.61 Å². The van der Waals surface area contributed by atoms with Crippen LogP contribution >= 0.6 is 0 Å². The van der Waals surface area contributed by atoms with Gasteiger partial charge in [0.15, 0.2) is 23.1 Å². The molecule has 1 heterocycles. The van der Waals surface area contributed by atoms with Gasteiger partial charge in [0, 0.05) is 40.3 Å². The fraction of sp³-hybridized carbons (Fsp3) is 0.308. The minimum Gasteiger partial charge on any atom is -0.504 e. The lowest BCUT2D eigenvalue weighted by Crippen LogP contribution is -2.37. The van der Waals surface area contributed by atoms with Gasteiger partial charge in [-0.2, -0.15) is 0 Å². The lowest BCUT2D eigenvalue weighted by atomic mass is 9.68. The summed E-state index contributed by atoms with van der Waals surface area (Å²) in [5, 5.41) is 13.7. The zero-order valence-electron chi connectivity index (χ0n) is 17.9. The number of benzene rings is 2. The van der Waals surface area contributed by atoms with Crippen molar-refractivity contribution in [1.29, 1.82) is 0 Å². The molecule has 5 nitrogen and oxygen atoms in total. The van der Waals surface area contributed by atoms with E-state index in [4.69, 9.17) is 4.74 Å². The molecule has 5 rings (SSSR count). The third-order valence-electron chi connectivity index (χ3n) is 6.35. The highest BCUT2D eigenvalue weighted by molar-refractivity contribution is 6.23. The first-order valence-electron chi connectivity index (χ1n) is 10.7. The van der Waals surface area contributed by atoms with Crippen molar-refractivity contribution >= 4 is 17.3 Å². The number of phenols is 1. The Bertz CT molecular complexity index is 1200. The van der Waals surface area contributed by atoms with Gasteiger partial charge in [-0.1, -0.05) is 44.2 Å². The van der Waals surface area contributed by atoms with Gasteiger partial charge in [-0.05, 0) is 36.5 Å². The lowest BCUT2D eigenvalue weighted by Gasteiger charge is -2.39. The van der Waals surface area contributed by atoms with E-state index in [0.29, 0.717) is 35.5 Å². The fourth-order valence-electron chi connectivity index (χ4n) is 5.10. The van der Waals surface area contributed by atoms with Crippen molar-refractivity contribution in [3.8, 4) is 11.5 Å². The van der Waals surface area contributed by atoms with Gasteiger partial charge in [0.1, 0.15) is 0 Å². The van der Waals surface area contributed by atoms with Gasteiger partial charge in [0.05, 0.1) is 12.3 Å². The summed E-state index contributed by atoms with van der Waals surface area (Å²) < 4.78 is 5.60. The van der Waals surface area contributed by atoms with Crippen LogP contribution in [0.4, 0.5) is 0 Å². The number of aromatic hydroxyl groups is 1. The third kappa shape index (κ3) is 2.99. The molecule has 0 aromatic heterocycles. The van der Waals surface area contributed by atoms with E-state index in [1.807, 2.05) is 31.2 Å². The van der Waals surface area contributed by atoms with E-state index in [1.54, 1.807) is 18.2 Å². The Balaban J connectivity index is 1.74. The standard InChI is InChI=1S/C26H25NO4/c1-4-31-20-11-14(9-10-18(20)28)21-22-17(12-26(2,3)13-19(22)29)27-24-15-7-5-6-8-16(15)25(30)23(21)24/h5-11,21,27-28H,4,12-13H2,1-3H3/t21-/m0/s1. The van der Waals surface area contributed by atoms with Gasteiger partial charge in [-0.3, -0.25) is 9.59 Å². The molecule has 2 aromatic carbocycles. The Morgan fingerprint density at radius 2 is 1.81 bits per heavy atom. The molecule has 2 aliphatic carbocycles. The topological polar surface area (TPSA) is 75.6 Å². The predicted molar refractivity (Wildman–Crippen MR) is 118 cm³/mol. The molecule has 0 bridgehead atoms. The minimum atomic E-state index is -0.491. The lowest BCUT2D eigenvalue weighted by molar-refractivity contribution is -0.118. The van der Waals surface area contributed by atoms with Gasteiger partial charge in [0.2, 0.25) is 0 Å². The molecule has 1 aliphatic heterocycles. The van der Waals surface area contributed by atoms with Crippen molar-refractivity contribution in [1.82, 2.24) is 5.32 Å². The number of ether oxygens (including phenoxy) is 1. The number of dihydropyridines is 1. The van der Waals surface area contributed by atoms with Crippen LogP contribution in [0.25, 0.3) is 5.70 Å². The van der Waals surface area contributed by atoms with Crippen molar-refractivity contribution in [2.45, 2.75) is 39.5 Å². The molecule has 0 spiro atoms. The SMILES string of the molecule is CCOc1cc([C@H]2C3=C(CC(C)(C)CC3=O)NC3=C2C(=O)c2ccccc23)ccc1O. The fourth-order valence-corrected chi connectivity index (χ4v) is 5.10. The molecular formula is C26H25NO4. The maximum absolute atomic E-state index is 13.5. The quantitative estimate of drug-likeness (QED) is 0.758. The highest BCUT2D eigenvalue weighted by Gasteiger charge is 2.46. The summed E-state index contributed by atoms with van der Waals surface area (Å²) in [4.78, 5) is 26.8. The second kappa shape index (κ2) is 6.84. The summed E-state index contributed by atoms with van der Waals surface area (Å²) in [6.07, 6.45) is 1.16. The molecule has 0 saturated carbocycles. The van der Waals surface area contributed by atoms with Crippen LogP contribution in [0.3, 0.4) is 0 Å². The van der Waals surface area contributed by atoms with Crippen LogP contribution in [0, 0.1) is 5.41 Å². The average molecular weight is 415 g/mol. The molecule has 158 valence electrons. The van der Waals surface area contributed by atoms with Crippen LogP contribution < -0.4 is 10.1 Å². The van der Waals surface area contributed by atoms with Gasteiger partial charge >= 0.3 is 0 Å². The molecule has 3 aliphatic rings. The van der Waals surface area contributed by atoms with E-state index >= 15 is 0 Å². The van der Waals surface area contributed by atoms with E-state index in [2.05, 4.69) is 19.2 Å². The number of Topliss-reactive ketones (excluding diaryl/α,β-unsaturated/α-hetero) is 2. The number of fused-ring (bicyclic) bond motifs is 2. The van der Waals surface area contributed by atoms with Crippen LogP contribution in [-0.2, 0) is 4.79 Å². The molecule has 31 heavy (non-hydrogen) atoms. The van der Waals surface area contributed by atoms with Gasteiger partial charge in [-0.15, -0.1) is 0 Å². The Kier molecular flexibility index (Phi) is 4.33. The maximum atomic E-state index is 13.5. The molecule has 0 radical (unpaired) electrons. The average Bonchev–Trinajstić information content (AvgIpc) is 3.00. The molecule has 5 heteroatoms. The van der Waals surface area contributed by atoms with Crippen LogP contribution in [0.2, 0.25) is 0 Å². The summed E-state index contributed by atoms with van der Waals surface area (Å²) in [6, 6.07) is 12.7. The molecule has 2 N–H and O–H groups in total. The zero-order valence-corrected chi connectivity index (χ0v) is 17.9. The first kappa shape index (κ1) is 19.6. The largest absolute Gasteiger partial charge is 0.504 e. The molecule has 0 unspecified atom stereocenters. The number of hydrogen-bond acceptors (Lipinski definition) is 5. The van der Waals surface area contributed by atoms with Crippen molar-refractivity contribution in [3.63, 3.8) is 0 Å². The van der Waals surface area contributed by atoms with Crippen LogP contribution in [0.1, 0.15) is 61.0 Å². The smallest absolute Gasteiger partial charge is 0.192 e.